The Morgan fingerprint density at radius 3 is 1.67 bits per heavy atom. The monoisotopic (exact) mass is 689 g/mol. The van der Waals surface area contributed by atoms with Gasteiger partial charge in [-0.05, 0) is 44.9 Å². The Labute approximate surface area is 301 Å². The first-order chi connectivity index (χ1) is 24.0. The number of ether oxygens (including phenoxy) is 2. The highest BCUT2D eigenvalue weighted by Crippen LogP contribution is 2.15. The Morgan fingerprint density at radius 2 is 1.08 bits per heavy atom. The molecule has 0 amide bonds. The number of carbonyl (C=O) groups excluding carboxylic acids is 2. The van der Waals surface area contributed by atoms with Crippen LogP contribution in [0.25, 0.3) is 0 Å². The lowest BCUT2D eigenvalue weighted by molar-refractivity contribution is -0.161. The molecule has 0 aromatic rings. The molecular formula is C43H76O6. The molecule has 6 nitrogen and oxygen atoms in total. The Bertz CT molecular complexity index is 845. The maximum absolute atomic E-state index is 12.1. The lowest BCUT2D eigenvalue weighted by Crippen LogP contribution is -2.28. The summed E-state index contributed by atoms with van der Waals surface area (Å²) in [4.78, 5) is 24.2. The third-order valence-electron chi connectivity index (χ3n) is 8.71. The molecule has 0 radical (unpaired) electrons. The van der Waals surface area contributed by atoms with Crippen LogP contribution in [0.5, 0.6) is 0 Å². The van der Waals surface area contributed by atoms with Gasteiger partial charge in [0.25, 0.3) is 0 Å². The third kappa shape index (κ3) is 36.9. The summed E-state index contributed by atoms with van der Waals surface area (Å²) < 4.78 is 10.5. The van der Waals surface area contributed by atoms with Crippen LogP contribution < -0.4 is 0 Å². The van der Waals surface area contributed by atoms with Crippen molar-refractivity contribution in [3.63, 3.8) is 0 Å². The van der Waals surface area contributed by atoms with E-state index in [0.29, 0.717) is 19.3 Å². The van der Waals surface area contributed by atoms with E-state index in [1.165, 1.54) is 109 Å². The zero-order valence-corrected chi connectivity index (χ0v) is 31.8. The molecule has 0 aromatic carbocycles. The first-order valence-electron chi connectivity index (χ1n) is 20.3. The second kappa shape index (κ2) is 38.6. The van der Waals surface area contributed by atoms with Crippen LogP contribution in [0, 0.1) is 0 Å². The molecule has 6 heteroatoms. The average molecular weight is 689 g/mol. The average Bonchev–Trinajstić information content (AvgIpc) is 3.10. The van der Waals surface area contributed by atoms with Gasteiger partial charge in [-0.2, -0.15) is 0 Å². The Balaban J connectivity index is 3.70. The number of esters is 2. The van der Waals surface area contributed by atoms with E-state index in [4.69, 9.17) is 9.47 Å². The highest BCUT2D eigenvalue weighted by Gasteiger charge is 2.16. The van der Waals surface area contributed by atoms with Gasteiger partial charge < -0.3 is 19.7 Å². The van der Waals surface area contributed by atoms with Crippen LogP contribution in [0.1, 0.15) is 187 Å². The van der Waals surface area contributed by atoms with Crippen molar-refractivity contribution in [1.29, 1.82) is 0 Å². The Kier molecular flexibility index (Phi) is 36.9. The lowest BCUT2D eigenvalue weighted by atomic mass is 10.0. The van der Waals surface area contributed by atoms with E-state index in [9.17, 15) is 19.8 Å². The molecule has 0 aliphatic rings. The third-order valence-corrected chi connectivity index (χ3v) is 8.71. The fourth-order valence-corrected chi connectivity index (χ4v) is 5.57. The number of hydrogen-bond acceptors (Lipinski definition) is 6. The number of unbranched alkanes of at least 4 members (excludes halogenated alkanes) is 20. The molecular weight excluding hydrogens is 612 g/mol. The van der Waals surface area contributed by atoms with Gasteiger partial charge in [-0.1, -0.05) is 178 Å². The van der Waals surface area contributed by atoms with Crippen molar-refractivity contribution in [1.82, 2.24) is 0 Å². The van der Waals surface area contributed by atoms with Gasteiger partial charge in [0, 0.05) is 12.8 Å². The minimum absolute atomic E-state index is 0.104. The second-order valence-electron chi connectivity index (χ2n) is 13.6. The molecule has 0 aliphatic heterocycles. The lowest BCUT2D eigenvalue weighted by Gasteiger charge is -2.15. The predicted octanol–water partition coefficient (Wildman–Crippen LogP) is 11.6. The summed E-state index contributed by atoms with van der Waals surface area (Å²) in [6.45, 7) is 3.99. The van der Waals surface area contributed by atoms with Crippen LogP contribution in [-0.4, -0.2) is 47.6 Å². The van der Waals surface area contributed by atoms with Crippen molar-refractivity contribution in [3.05, 3.63) is 48.6 Å². The van der Waals surface area contributed by atoms with Crippen LogP contribution in [0.15, 0.2) is 48.6 Å². The predicted molar refractivity (Wildman–Crippen MR) is 206 cm³/mol. The van der Waals surface area contributed by atoms with E-state index < -0.39 is 18.2 Å². The standard InChI is InChI=1S/C43H76O6/c1-3-5-7-9-11-12-13-14-15-16-17-18-19-20-24-28-32-36-42(46)48-39-41(38-44)49-43(47)37-33-29-25-22-21-23-27-31-35-40(45)34-30-26-10-8-6-4-2/h22-23,25-27,30-31,35,40-41,44-45H,3-21,24,28-29,32-34,36-39H2,1-2H3/b25-22-,27-23-,30-26-,35-31+/t40-,41-/m0/s1. The molecule has 0 saturated carbocycles. The first kappa shape index (κ1) is 46.8. The van der Waals surface area contributed by atoms with Crippen molar-refractivity contribution >= 4 is 11.9 Å². The van der Waals surface area contributed by atoms with Gasteiger partial charge >= 0.3 is 11.9 Å². The van der Waals surface area contributed by atoms with Gasteiger partial charge in [-0.3, -0.25) is 9.59 Å². The van der Waals surface area contributed by atoms with Crippen molar-refractivity contribution in [2.45, 2.75) is 199 Å². The summed E-state index contributed by atoms with van der Waals surface area (Å²) in [7, 11) is 0. The minimum atomic E-state index is -0.818. The molecule has 2 N–H and O–H groups in total. The summed E-state index contributed by atoms with van der Waals surface area (Å²) in [6.07, 6.45) is 44.9. The van der Waals surface area contributed by atoms with E-state index in [2.05, 4.69) is 26.0 Å². The topological polar surface area (TPSA) is 93.1 Å². The van der Waals surface area contributed by atoms with Crippen LogP contribution in [0.4, 0.5) is 0 Å². The van der Waals surface area contributed by atoms with Crippen LogP contribution in [-0.2, 0) is 19.1 Å². The van der Waals surface area contributed by atoms with Gasteiger partial charge in [0.2, 0.25) is 0 Å². The summed E-state index contributed by atoms with van der Waals surface area (Å²) in [6, 6.07) is 0. The van der Waals surface area contributed by atoms with Crippen molar-refractivity contribution in [2.24, 2.45) is 0 Å². The van der Waals surface area contributed by atoms with E-state index in [1.54, 1.807) is 6.08 Å². The summed E-state index contributed by atoms with van der Waals surface area (Å²) in [5.74, 6) is -0.692. The summed E-state index contributed by atoms with van der Waals surface area (Å²) >= 11 is 0. The number of rotatable bonds is 36. The molecule has 284 valence electrons. The van der Waals surface area contributed by atoms with Crippen LogP contribution in [0.3, 0.4) is 0 Å². The molecule has 2 atom stereocenters. The SMILES string of the molecule is CCCCC/C=C\C[C@H](O)/C=C/C=C\C/C=C\CCCC(=O)O[C@@H](CO)COC(=O)CCCCCCCCCCCCCCCCCCC. The molecule has 0 aliphatic carbocycles. The van der Waals surface area contributed by atoms with E-state index in [-0.39, 0.29) is 25.6 Å². The zero-order valence-electron chi connectivity index (χ0n) is 31.8. The number of hydrogen-bond donors (Lipinski definition) is 2. The van der Waals surface area contributed by atoms with E-state index >= 15 is 0 Å². The summed E-state index contributed by atoms with van der Waals surface area (Å²) in [5, 5.41) is 19.5. The second-order valence-corrected chi connectivity index (χ2v) is 13.6. The van der Waals surface area contributed by atoms with Crippen molar-refractivity contribution in [3.8, 4) is 0 Å². The Hall–Kier alpha value is -2.18. The fourth-order valence-electron chi connectivity index (χ4n) is 5.57. The molecule has 0 unspecified atom stereocenters. The maximum atomic E-state index is 12.1. The van der Waals surface area contributed by atoms with E-state index in [1.807, 2.05) is 30.4 Å². The quantitative estimate of drug-likeness (QED) is 0.0294. The molecule has 0 fully saturated rings. The molecule has 0 aromatic heterocycles. The zero-order chi connectivity index (χ0) is 35.9. The van der Waals surface area contributed by atoms with E-state index in [0.717, 1.165) is 38.5 Å². The molecule has 0 heterocycles. The molecule has 49 heavy (non-hydrogen) atoms. The highest BCUT2D eigenvalue weighted by atomic mass is 16.6. The summed E-state index contributed by atoms with van der Waals surface area (Å²) in [5.41, 5.74) is 0. The maximum Gasteiger partial charge on any atom is 0.306 e. The van der Waals surface area contributed by atoms with Crippen LogP contribution in [0.2, 0.25) is 0 Å². The van der Waals surface area contributed by atoms with Gasteiger partial charge in [0.05, 0.1) is 12.7 Å². The van der Waals surface area contributed by atoms with Crippen molar-refractivity contribution < 1.29 is 29.3 Å². The molecule has 0 bridgehead atoms. The fraction of sp³-hybridized carbons (Fsp3) is 0.767. The van der Waals surface area contributed by atoms with Gasteiger partial charge in [-0.25, -0.2) is 0 Å². The highest BCUT2D eigenvalue weighted by molar-refractivity contribution is 5.70. The Morgan fingerprint density at radius 1 is 0.571 bits per heavy atom. The largest absolute Gasteiger partial charge is 0.462 e. The van der Waals surface area contributed by atoms with Gasteiger partial charge in [-0.15, -0.1) is 0 Å². The van der Waals surface area contributed by atoms with Crippen LogP contribution >= 0.6 is 0 Å². The minimum Gasteiger partial charge on any atom is -0.462 e. The number of allylic oxidation sites excluding steroid dienone is 6. The number of carbonyl (C=O) groups is 2. The van der Waals surface area contributed by atoms with Gasteiger partial charge in [0.15, 0.2) is 6.10 Å². The smallest absolute Gasteiger partial charge is 0.306 e. The number of aliphatic hydroxyl groups is 2. The van der Waals surface area contributed by atoms with Gasteiger partial charge in [0.1, 0.15) is 6.61 Å². The molecule has 0 rings (SSSR count). The molecule has 0 saturated heterocycles. The first-order valence-corrected chi connectivity index (χ1v) is 20.3. The molecule has 0 spiro atoms. The van der Waals surface area contributed by atoms with Crippen molar-refractivity contribution in [2.75, 3.05) is 13.2 Å². The normalized spacial score (nSPS) is 13.3. The number of aliphatic hydroxyl groups excluding tert-OH is 2.